The number of esters is 1. The summed E-state index contributed by atoms with van der Waals surface area (Å²) < 4.78 is 13.7. The Labute approximate surface area is 240 Å². The molecule has 0 aliphatic rings. The van der Waals surface area contributed by atoms with Gasteiger partial charge in [0.05, 0.1) is 24.2 Å². The minimum Gasteiger partial charge on any atom is -0.487 e. The summed E-state index contributed by atoms with van der Waals surface area (Å²) in [7, 11) is 1.46. The van der Waals surface area contributed by atoms with Gasteiger partial charge in [-0.2, -0.15) is 0 Å². The maximum Gasteiger partial charge on any atom is 0.308 e. The predicted molar refractivity (Wildman–Crippen MR) is 164 cm³/mol. The SMILES string of the molecule is CCSc1c(C[C@@H](C)C(=O)OC)n(Cc2ccc(CC)cc2)c2ccc(OCc3ccc4ccccc4n3)cc12. The van der Waals surface area contributed by atoms with Crippen molar-refractivity contribution in [2.24, 2.45) is 5.92 Å². The average Bonchev–Trinajstić information content (AvgIpc) is 3.26. The van der Waals surface area contributed by atoms with E-state index in [1.165, 1.54) is 23.1 Å². The highest BCUT2D eigenvalue weighted by molar-refractivity contribution is 7.99. The van der Waals surface area contributed by atoms with Gasteiger partial charge in [-0.1, -0.05) is 69.3 Å². The fourth-order valence-electron chi connectivity index (χ4n) is 5.12. The molecule has 1 atom stereocenters. The van der Waals surface area contributed by atoms with Crippen LogP contribution < -0.4 is 4.74 Å². The van der Waals surface area contributed by atoms with Crippen LogP contribution >= 0.6 is 11.8 Å². The molecule has 5 nitrogen and oxygen atoms in total. The molecule has 0 bridgehead atoms. The number of carbonyl (C=O) groups excluding carboxylic acids is 1. The lowest BCUT2D eigenvalue weighted by molar-refractivity contribution is -0.144. The van der Waals surface area contributed by atoms with Crippen LogP contribution in [-0.2, 0) is 35.5 Å². The molecule has 5 aromatic rings. The lowest BCUT2D eigenvalue weighted by Crippen LogP contribution is -2.18. The van der Waals surface area contributed by atoms with Crippen molar-refractivity contribution in [3.63, 3.8) is 0 Å². The minimum atomic E-state index is -0.249. The zero-order valence-corrected chi connectivity index (χ0v) is 24.5. The van der Waals surface area contributed by atoms with Gasteiger partial charge in [0, 0.05) is 39.8 Å². The molecule has 0 aliphatic heterocycles. The molecule has 2 heterocycles. The predicted octanol–water partition coefficient (Wildman–Crippen LogP) is 7.84. The third kappa shape index (κ3) is 6.02. The zero-order chi connectivity index (χ0) is 28.1. The Morgan fingerprint density at radius 1 is 0.975 bits per heavy atom. The summed E-state index contributed by atoms with van der Waals surface area (Å²) in [6.45, 7) is 7.40. The standard InChI is InChI=1S/C34H36N2O3S/c1-5-24-11-13-25(14-12-24)21-36-31-18-17-28(39-22-27-16-15-26-9-7-8-10-30(26)35-27)20-29(31)33(40-6-2)32(36)19-23(3)34(37)38-4/h7-18,20,23H,5-6,19,21-22H2,1-4H3/t23-/m1/s1. The number of hydrogen-bond acceptors (Lipinski definition) is 5. The first-order valence-corrected chi connectivity index (χ1v) is 14.9. The van der Waals surface area contributed by atoms with Crippen molar-refractivity contribution in [1.82, 2.24) is 9.55 Å². The van der Waals surface area contributed by atoms with Gasteiger partial charge in [0.2, 0.25) is 0 Å². The normalized spacial score (nSPS) is 12.1. The van der Waals surface area contributed by atoms with Crippen LogP contribution in [0.25, 0.3) is 21.8 Å². The quantitative estimate of drug-likeness (QED) is 0.123. The summed E-state index contributed by atoms with van der Waals surface area (Å²) in [5.41, 5.74) is 6.71. The Balaban J connectivity index is 1.51. The van der Waals surface area contributed by atoms with Crippen molar-refractivity contribution in [3.05, 3.63) is 101 Å². The van der Waals surface area contributed by atoms with Crippen LogP contribution in [0.3, 0.4) is 0 Å². The van der Waals surface area contributed by atoms with E-state index < -0.39 is 0 Å². The zero-order valence-electron chi connectivity index (χ0n) is 23.6. The molecule has 0 radical (unpaired) electrons. The molecular weight excluding hydrogens is 516 g/mol. The van der Waals surface area contributed by atoms with E-state index in [1.54, 1.807) is 0 Å². The first kappa shape index (κ1) is 27.8. The number of fused-ring (bicyclic) bond motifs is 2. The van der Waals surface area contributed by atoms with Gasteiger partial charge in [0.1, 0.15) is 12.4 Å². The van der Waals surface area contributed by atoms with Crippen LogP contribution in [0.15, 0.2) is 83.8 Å². The van der Waals surface area contributed by atoms with E-state index in [-0.39, 0.29) is 11.9 Å². The Hall–Kier alpha value is -3.77. The van der Waals surface area contributed by atoms with Crippen molar-refractivity contribution < 1.29 is 14.3 Å². The number of carbonyl (C=O) groups is 1. The van der Waals surface area contributed by atoms with E-state index in [4.69, 9.17) is 14.5 Å². The van der Waals surface area contributed by atoms with Gasteiger partial charge in [-0.25, -0.2) is 4.98 Å². The molecule has 0 unspecified atom stereocenters. The second-order valence-electron chi connectivity index (χ2n) is 10.1. The van der Waals surface area contributed by atoms with Crippen LogP contribution in [0.2, 0.25) is 0 Å². The number of pyridine rings is 1. The number of hydrogen-bond donors (Lipinski definition) is 0. The van der Waals surface area contributed by atoms with Gasteiger partial charge >= 0.3 is 5.97 Å². The summed E-state index contributed by atoms with van der Waals surface area (Å²) in [5, 5.41) is 2.27. The number of aromatic nitrogens is 2. The topological polar surface area (TPSA) is 53.4 Å². The number of aryl methyl sites for hydroxylation is 1. The van der Waals surface area contributed by atoms with Crippen molar-refractivity contribution in [3.8, 4) is 5.75 Å². The molecule has 0 aliphatic carbocycles. The van der Waals surface area contributed by atoms with Gasteiger partial charge < -0.3 is 14.0 Å². The largest absolute Gasteiger partial charge is 0.487 e. The molecule has 0 fully saturated rings. The Morgan fingerprint density at radius 2 is 1.75 bits per heavy atom. The molecule has 2 aromatic heterocycles. The number of methoxy groups -OCH3 is 1. The van der Waals surface area contributed by atoms with E-state index in [2.05, 4.69) is 66.9 Å². The monoisotopic (exact) mass is 552 g/mol. The third-order valence-corrected chi connectivity index (χ3v) is 8.33. The number of nitrogens with zero attached hydrogens (tertiary/aromatic N) is 2. The first-order chi connectivity index (χ1) is 19.5. The number of para-hydroxylation sites is 1. The maximum atomic E-state index is 12.4. The van der Waals surface area contributed by atoms with Gasteiger partial charge in [0.25, 0.3) is 0 Å². The fraction of sp³-hybridized carbons (Fsp3) is 0.294. The first-order valence-electron chi connectivity index (χ1n) is 13.9. The van der Waals surface area contributed by atoms with E-state index >= 15 is 0 Å². The van der Waals surface area contributed by atoms with Crippen molar-refractivity contribution in [2.45, 2.75) is 51.7 Å². The van der Waals surface area contributed by atoms with Gasteiger partial charge in [0.15, 0.2) is 0 Å². The van der Waals surface area contributed by atoms with E-state index in [1.807, 2.05) is 49.0 Å². The van der Waals surface area contributed by atoms with Gasteiger partial charge in [-0.3, -0.25) is 4.79 Å². The lowest BCUT2D eigenvalue weighted by atomic mass is 10.1. The van der Waals surface area contributed by atoms with E-state index in [0.717, 1.165) is 57.7 Å². The molecule has 0 N–H and O–H groups in total. The average molecular weight is 553 g/mol. The maximum absolute atomic E-state index is 12.4. The van der Waals surface area contributed by atoms with Crippen molar-refractivity contribution in [2.75, 3.05) is 12.9 Å². The fourth-order valence-corrected chi connectivity index (χ4v) is 6.09. The highest BCUT2D eigenvalue weighted by Crippen LogP contribution is 2.38. The summed E-state index contributed by atoms with van der Waals surface area (Å²) in [6, 6.07) is 27.3. The molecule has 3 aromatic carbocycles. The van der Waals surface area contributed by atoms with Crippen LogP contribution in [-0.4, -0.2) is 28.4 Å². The van der Waals surface area contributed by atoms with Crippen LogP contribution in [0, 0.1) is 5.92 Å². The summed E-state index contributed by atoms with van der Waals surface area (Å²) >= 11 is 1.81. The second kappa shape index (κ2) is 12.6. The number of rotatable bonds is 11. The highest BCUT2D eigenvalue weighted by atomic mass is 32.2. The number of thioether (sulfide) groups is 1. The minimum absolute atomic E-state index is 0.191. The molecule has 206 valence electrons. The van der Waals surface area contributed by atoms with Gasteiger partial charge in [-0.15, -0.1) is 11.8 Å². The summed E-state index contributed by atoms with van der Waals surface area (Å²) in [5.74, 6) is 1.29. The number of benzene rings is 3. The molecule has 0 saturated heterocycles. The Kier molecular flexibility index (Phi) is 8.75. The molecule has 0 spiro atoms. The van der Waals surface area contributed by atoms with Gasteiger partial charge in [-0.05, 0) is 53.6 Å². The lowest BCUT2D eigenvalue weighted by Gasteiger charge is -2.16. The van der Waals surface area contributed by atoms with E-state index in [9.17, 15) is 4.79 Å². The molecule has 6 heteroatoms. The van der Waals surface area contributed by atoms with E-state index in [0.29, 0.717) is 13.0 Å². The summed E-state index contributed by atoms with van der Waals surface area (Å²) in [6.07, 6.45) is 1.62. The molecule has 5 rings (SSSR count). The Bertz CT molecular complexity index is 1620. The van der Waals surface area contributed by atoms with Crippen LogP contribution in [0.1, 0.15) is 43.3 Å². The second-order valence-corrected chi connectivity index (χ2v) is 11.3. The van der Waals surface area contributed by atoms with Crippen molar-refractivity contribution >= 4 is 39.5 Å². The highest BCUT2D eigenvalue weighted by Gasteiger charge is 2.23. The van der Waals surface area contributed by atoms with Crippen LogP contribution in [0.4, 0.5) is 0 Å². The third-order valence-electron chi connectivity index (χ3n) is 7.30. The van der Waals surface area contributed by atoms with Crippen LogP contribution in [0.5, 0.6) is 5.75 Å². The molecule has 40 heavy (non-hydrogen) atoms. The molecule has 0 saturated carbocycles. The molecular formula is C34H36N2O3S. The number of ether oxygens (including phenoxy) is 2. The Morgan fingerprint density at radius 3 is 2.50 bits per heavy atom. The summed E-state index contributed by atoms with van der Waals surface area (Å²) in [4.78, 5) is 18.4. The molecule has 0 amide bonds. The smallest absolute Gasteiger partial charge is 0.308 e. The van der Waals surface area contributed by atoms with Crippen molar-refractivity contribution in [1.29, 1.82) is 0 Å².